The number of carbonyl (C=O) groups is 2. The molecule has 1 saturated heterocycles. The molecule has 1 aromatic rings. The smallest absolute Gasteiger partial charge is 0.410 e. The minimum absolute atomic E-state index is 0.0803. The monoisotopic (exact) mass is 368 g/mol. The average molecular weight is 368 g/mol. The molecule has 3 heterocycles. The molecule has 2 amide bonds. The van der Waals surface area contributed by atoms with Gasteiger partial charge in [-0.3, -0.25) is 9.48 Å². The van der Waals surface area contributed by atoms with E-state index >= 15 is 0 Å². The lowest BCUT2D eigenvalue weighted by Gasteiger charge is -2.31. The van der Waals surface area contributed by atoms with Gasteiger partial charge < -0.3 is 14.5 Å². The number of piperidine rings is 1. The Labute approximate surface area is 149 Å². The molecule has 1 aromatic heterocycles. The predicted molar refractivity (Wildman–Crippen MR) is 86.7 cm³/mol. The molecule has 9 heteroatoms. The fourth-order valence-corrected chi connectivity index (χ4v) is 3.75. The first kappa shape index (κ1) is 17.2. The molecule has 2 aliphatic heterocycles. The van der Waals surface area contributed by atoms with E-state index in [1.807, 2.05) is 0 Å². The Morgan fingerprint density at radius 1 is 1.19 bits per heavy atom. The van der Waals surface area contributed by atoms with Crippen molar-refractivity contribution >= 4 is 12.0 Å². The fraction of sp³-hybridized carbons (Fsp3) is 0.706. The van der Waals surface area contributed by atoms with Crippen molar-refractivity contribution in [3.05, 3.63) is 17.5 Å². The maximum atomic E-state index is 13.4. The van der Waals surface area contributed by atoms with Gasteiger partial charge in [-0.1, -0.05) is 0 Å². The van der Waals surface area contributed by atoms with Crippen LogP contribution in [0.15, 0.2) is 6.20 Å². The molecular weight excluding hydrogens is 346 g/mol. The third-order valence-electron chi connectivity index (χ3n) is 5.24. The summed E-state index contributed by atoms with van der Waals surface area (Å²) in [5.41, 5.74) is 0.400. The number of hydrogen-bond donors (Lipinski definition) is 0. The van der Waals surface area contributed by atoms with E-state index in [1.54, 1.807) is 25.5 Å². The number of alkyl halides is 2. The second-order valence-electron chi connectivity index (χ2n) is 8.23. The fourth-order valence-electron chi connectivity index (χ4n) is 3.75. The summed E-state index contributed by atoms with van der Waals surface area (Å²) in [4.78, 5) is 28.1. The maximum Gasteiger partial charge on any atom is 0.410 e. The molecule has 2 fully saturated rings. The Morgan fingerprint density at radius 3 is 2.46 bits per heavy atom. The van der Waals surface area contributed by atoms with Crippen LogP contribution < -0.4 is 0 Å². The van der Waals surface area contributed by atoms with Gasteiger partial charge in [-0.2, -0.15) is 5.10 Å². The number of carbonyl (C=O) groups excluding carboxylic acids is 2. The Hall–Kier alpha value is -2.19. The molecule has 3 aliphatic rings. The van der Waals surface area contributed by atoms with Gasteiger partial charge in [0.15, 0.2) is 0 Å². The Kier molecular flexibility index (Phi) is 3.58. The molecule has 2 atom stereocenters. The van der Waals surface area contributed by atoms with Gasteiger partial charge in [-0.25, -0.2) is 13.6 Å². The number of fused-ring (bicyclic) bond motifs is 2. The van der Waals surface area contributed by atoms with Gasteiger partial charge in [-0.05, 0) is 20.8 Å². The first-order valence-corrected chi connectivity index (χ1v) is 8.77. The third-order valence-corrected chi connectivity index (χ3v) is 5.24. The minimum Gasteiger partial charge on any atom is -0.444 e. The summed E-state index contributed by atoms with van der Waals surface area (Å²) in [6.45, 7) is 6.66. The maximum absolute atomic E-state index is 13.4. The van der Waals surface area contributed by atoms with Crippen LogP contribution in [0, 0.1) is 11.8 Å². The lowest BCUT2D eigenvalue weighted by Crippen LogP contribution is -2.42. The van der Waals surface area contributed by atoms with Crippen LogP contribution in [0.3, 0.4) is 0 Å². The van der Waals surface area contributed by atoms with E-state index in [-0.39, 0.29) is 25.5 Å². The number of ether oxygens (including phenoxy) is 1. The molecule has 0 N–H and O–H groups in total. The van der Waals surface area contributed by atoms with Gasteiger partial charge in [0, 0.05) is 19.6 Å². The number of nitrogens with zero attached hydrogens (tertiary/aromatic N) is 4. The van der Waals surface area contributed by atoms with Crippen molar-refractivity contribution in [1.82, 2.24) is 19.6 Å². The average Bonchev–Trinajstić information content (AvgIpc) is 2.98. The Morgan fingerprint density at radius 2 is 1.85 bits per heavy atom. The van der Waals surface area contributed by atoms with E-state index in [2.05, 4.69) is 5.10 Å². The molecule has 1 aliphatic carbocycles. The number of halogens is 2. The molecular formula is C17H22F2N4O3. The van der Waals surface area contributed by atoms with Crippen LogP contribution >= 0.6 is 0 Å². The summed E-state index contributed by atoms with van der Waals surface area (Å²) in [7, 11) is 0. The van der Waals surface area contributed by atoms with E-state index in [1.165, 1.54) is 16.0 Å². The van der Waals surface area contributed by atoms with Crippen molar-refractivity contribution < 1.29 is 23.1 Å². The zero-order valence-corrected chi connectivity index (χ0v) is 15.0. The van der Waals surface area contributed by atoms with Crippen LogP contribution in [-0.2, 0) is 17.8 Å². The summed E-state index contributed by atoms with van der Waals surface area (Å²) in [6, 6.07) is 0. The van der Waals surface area contributed by atoms with E-state index < -0.39 is 29.5 Å². The molecule has 2 unspecified atom stereocenters. The van der Waals surface area contributed by atoms with Gasteiger partial charge >= 0.3 is 6.09 Å². The first-order valence-electron chi connectivity index (χ1n) is 8.77. The summed E-state index contributed by atoms with van der Waals surface area (Å²) < 4.78 is 33.8. The standard InChI is InChI=1S/C17H22F2N4O3/c1-16(2,3)26-15(25)21-4-5-23-13(9-21)10(6-20-23)14(24)22-7-11-12(8-22)17(11,18)19/h6,11-12H,4-5,7-9H2,1-3H3. The number of rotatable bonds is 1. The van der Waals surface area contributed by atoms with Crippen molar-refractivity contribution in [3.63, 3.8) is 0 Å². The molecule has 0 spiro atoms. The summed E-state index contributed by atoms with van der Waals surface area (Å²) in [6.07, 6.45) is 1.03. The van der Waals surface area contributed by atoms with Crippen molar-refractivity contribution in [2.75, 3.05) is 19.6 Å². The van der Waals surface area contributed by atoms with Crippen molar-refractivity contribution in [1.29, 1.82) is 0 Å². The van der Waals surface area contributed by atoms with E-state index in [0.717, 1.165) is 0 Å². The minimum atomic E-state index is -2.62. The molecule has 26 heavy (non-hydrogen) atoms. The normalized spacial score (nSPS) is 26.3. The number of hydrogen-bond acceptors (Lipinski definition) is 4. The lowest BCUT2D eigenvalue weighted by atomic mass is 10.1. The van der Waals surface area contributed by atoms with Crippen molar-refractivity contribution in [2.45, 2.75) is 45.4 Å². The first-order chi connectivity index (χ1) is 12.1. The zero-order chi connectivity index (χ0) is 18.9. The lowest BCUT2D eigenvalue weighted by molar-refractivity contribution is 0.0191. The molecule has 1 saturated carbocycles. The van der Waals surface area contributed by atoms with Gasteiger partial charge in [0.25, 0.3) is 11.8 Å². The van der Waals surface area contributed by atoms with Gasteiger partial charge in [0.1, 0.15) is 5.60 Å². The largest absolute Gasteiger partial charge is 0.444 e. The summed E-state index contributed by atoms with van der Waals surface area (Å²) >= 11 is 0. The highest BCUT2D eigenvalue weighted by molar-refractivity contribution is 5.95. The molecule has 4 rings (SSSR count). The van der Waals surface area contributed by atoms with Gasteiger partial charge in [-0.15, -0.1) is 0 Å². The number of aromatic nitrogens is 2. The van der Waals surface area contributed by atoms with Gasteiger partial charge in [0.05, 0.1) is 42.4 Å². The van der Waals surface area contributed by atoms with E-state index in [0.29, 0.717) is 24.3 Å². The molecule has 0 aromatic carbocycles. The van der Waals surface area contributed by atoms with Crippen LogP contribution in [0.5, 0.6) is 0 Å². The van der Waals surface area contributed by atoms with Crippen LogP contribution in [0.1, 0.15) is 36.8 Å². The molecule has 142 valence electrons. The topological polar surface area (TPSA) is 67.7 Å². The number of likely N-dealkylation sites (tertiary alicyclic amines) is 1. The van der Waals surface area contributed by atoms with Crippen LogP contribution in [-0.4, -0.2) is 62.7 Å². The Balaban J connectivity index is 1.47. The third kappa shape index (κ3) is 2.73. The van der Waals surface area contributed by atoms with Crippen LogP contribution in [0.2, 0.25) is 0 Å². The Bertz CT molecular complexity index is 757. The van der Waals surface area contributed by atoms with Crippen LogP contribution in [0.25, 0.3) is 0 Å². The summed E-state index contributed by atoms with van der Waals surface area (Å²) in [5.74, 6) is -4.34. The van der Waals surface area contributed by atoms with Crippen molar-refractivity contribution in [2.24, 2.45) is 11.8 Å². The zero-order valence-electron chi connectivity index (χ0n) is 15.0. The highest BCUT2D eigenvalue weighted by Crippen LogP contribution is 2.59. The van der Waals surface area contributed by atoms with Crippen LogP contribution in [0.4, 0.5) is 13.6 Å². The second-order valence-corrected chi connectivity index (χ2v) is 8.23. The molecule has 0 bridgehead atoms. The van der Waals surface area contributed by atoms with E-state index in [4.69, 9.17) is 4.74 Å². The summed E-state index contributed by atoms with van der Waals surface area (Å²) in [5, 5.41) is 4.22. The second kappa shape index (κ2) is 5.40. The highest BCUT2D eigenvalue weighted by atomic mass is 19.3. The molecule has 0 radical (unpaired) electrons. The highest BCUT2D eigenvalue weighted by Gasteiger charge is 2.72. The quantitative estimate of drug-likeness (QED) is 0.760. The molecule has 7 nitrogen and oxygen atoms in total. The predicted octanol–water partition coefficient (Wildman–Crippen LogP) is 1.97. The van der Waals surface area contributed by atoms with E-state index in [9.17, 15) is 18.4 Å². The SMILES string of the molecule is CC(C)(C)OC(=O)N1CCn2ncc(C(=O)N3CC4C(C3)C4(F)F)c2C1. The number of amides is 2. The van der Waals surface area contributed by atoms with Crippen molar-refractivity contribution in [3.8, 4) is 0 Å². The van der Waals surface area contributed by atoms with Gasteiger partial charge in [0.2, 0.25) is 0 Å².